The molecule has 38 heavy (non-hydrogen) atoms. The first kappa shape index (κ1) is 28.3. The molecule has 9 nitrogen and oxygen atoms in total. The smallest absolute Gasteiger partial charge is 0.251 e. The normalized spacial score (nSPS) is 24.9. The highest BCUT2D eigenvalue weighted by molar-refractivity contribution is 6.31. The molecule has 2 aliphatic heterocycles. The summed E-state index contributed by atoms with van der Waals surface area (Å²) in [5, 5.41) is 12.9. The fourth-order valence-corrected chi connectivity index (χ4v) is 6.41. The number of carbonyl (C=O) groups excluding carboxylic acids is 3. The predicted molar refractivity (Wildman–Crippen MR) is 143 cm³/mol. The molecule has 0 aromatic heterocycles. The Kier molecular flexibility index (Phi) is 9.29. The maximum atomic E-state index is 13.5. The van der Waals surface area contributed by atoms with E-state index in [-0.39, 0.29) is 36.2 Å². The van der Waals surface area contributed by atoms with Gasteiger partial charge in [-0.25, -0.2) is 0 Å². The molecule has 1 aromatic rings. The molecule has 1 aromatic carbocycles. The predicted octanol–water partition coefficient (Wildman–Crippen LogP) is 2.62. The molecular weight excluding hydrogens is 506 g/mol. The van der Waals surface area contributed by atoms with Gasteiger partial charge in [-0.2, -0.15) is 5.26 Å². The number of amides is 3. The quantitative estimate of drug-likeness (QED) is 0.566. The SMILES string of the molecule is CO[C@H](C)C(=O)N1CCC(C2CCC3NCN(CC(=O)N(C)Cc4ccc(C#N)c(Cl)c4)C(=O)C3C2)CC1. The number of rotatable bonds is 7. The van der Waals surface area contributed by atoms with Crippen LogP contribution in [-0.4, -0.2) is 85.0 Å². The fourth-order valence-electron chi connectivity index (χ4n) is 6.17. The minimum atomic E-state index is -0.414. The molecule has 4 rings (SSSR count). The number of benzene rings is 1. The summed E-state index contributed by atoms with van der Waals surface area (Å²) in [7, 11) is 3.27. The van der Waals surface area contributed by atoms with Crippen molar-refractivity contribution in [2.75, 3.05) is 40.5 Å². The lowest BCUT2D eigenvalue weighted by atomic mass is 9.69. The number of hydrogen-bond acceptors (Lipinski definition) is 6. The number of ether oxygens (including phenoxy) is 1. The molecule has 3 fully saturated rings. The summed E-state index contributed by atoms with van der Waals surface area (Å²) in [6, 6.07) is 7.32. The molecule has 1 saturated carbocycles. The lowest BCUT2D eigenvalue weighted by Crippen LogP contribution is -2.60. The number of halogens is 1. The number of methoxy groups -OCH3 is 1. The molecule has 10 heteroatoms. The zero-order valence-electron chi connectivity index (χ0n) is 22.5. The van der Waals surface area contributed by atoms with Gasteiger partial charge >= 0.3 is 0 Å². The van der Waals surface area contributed by atoms with Crippen LogP contribution < -0.4 is 5.32 Å². The van der Waals surface area contributed by atoms with Crippen molar-refractivity contribution in [1.82, 2.24) is 20.0 Å². The number of fused-ring (bicyclic) bond motifs is 1. The second-order valence-corrected chi connectivity index (χ2v) is 11.3. The zero-order valence-corrected chi connectivity index (χ0v) is 23.2. The van der Waals surface area contributed by atoms with E-state index in [1.54, 1.807) is 49.1 Å². The summed E-state index contributed by atoms with van der Waals surface area (Å²) >= 11 is 6.13. The average Bonchev–Trinajstić information content (AvgIpc) is 2.93. The largest absolute Gasteiger partial charge is 0.372 e. The third-order valence-corrected chi connectivity index (χ3v) is 8.92. The van der Waals surface area contributed by atoms with Crippen molar-refractivity contribution in [3.05, 3.63) is 34.3 Å². The molecule has 3 unspecified atom stereocenters. The molecule has 0 bridgehead atoms. The lowest BCUT2D eigenvalue weighted by molar-refractivity contribution is -0.149. The van der Waals surface area contributed by atoms with Gasteiger partial charge in [-0.1, -0.05) is 17.7 Å². The summed E-state index contributed by atoms with van der Waals surface area (Å²) in [6.45, 7) is 4.02. The highest BCUT2D eigenvalue weighted by Gasteiger charge is 2.43. The lowest BCUT2D eigenvalue weighted by Gasteiger charge is -2.46. The molecule has 4 atom stereocenters. The van der Waals surface area contributed by atoms with E-state index >= 15 is 0 Å². The summed E-state index contributed by atoms with van der Waals surface area (Å²) in [5.74, 6) is 0.809. The van der Waals surface area contributed by atoms with Crippen LogP contribution in [0, 0.1) is 29.1 Å². The number of likely N-dealkylation sites (N-methyl/N-ethyl adjacent to an activating group) is 1. The molecule has 206 valence electrons. The van der Waals surface area contributed by atoms with Crippen molar-refractivity contribution in [1.29, 1.82) is 5.26 Å². The van der Waals surface area contributed by atoms with Crippen LogP contribution in [0.3, 0.4) is 0 Å². The highest BCUT2D eigenvalue weighted by Crippen LogP contribution is 2.40. The maximum absolute atomic E-state index is 13.5. The van der Waals surface area contributed by atoms with Crippen LogP contribution in [-0.2, 0) is 25.7 Å². The second-order valence-electron chi connectivity index (χ2n) is 10.9. The molecule has 1 N–H and O–H groups in total. The number of nitrogens with one attached hydrogen (secondary N) is 1. The maximum Gasteiger partial charge on any atom is 0.251 e. The molecule has 0 spiro atoms. The van der Waals surface area contributed by atoms with Gasteiger partial charge in [0.2, 0.25) is 11.8 Å². The van der Waals surface area contributed by atoms with Gasteiger partial charge < -0.3 is 19.4 Å². The fraction of sp³-hybridized carbons (Fsp3) is 0.643. The number of likely N-dealkylation sites (tertiary alicyclic amines) is 1. The third kappa shape index (κ3) is 6.31. The van der Waals surface area contributed by atoms with Crippen LogP contribution in [0.2, 0.25) is 5.02 Å². The average molecular weight is 544 g/mol. The van der Waals surface area contributed by atoms with E-state index in [0.29, 0.717) is 35.6 Å². The standard InChI is InChI=1S/C28H38ClN5O4/c1-18(38-3)27(36)33-10-8-20(9-11-33)21-6-7-25-23(13-21)28(37)34(17-31-25)16-26(35)32(2)15-19-4-5-22(14-30)24(29)12-19/h4-5,12,18,20-21,23,25,31H,6-11,13,15-17H2,1-3H3/t18-,21?,23?,25?/m1/s1. The zero-order chi connectivity index (χ0) is 27.4. The van der Waals surface area contributed by atoms with Crippen molar-refractivity contribution in [3.63, 3.8) is 0 Å². The van der Waals surface area contributed by atoms with E-state index in [1.165, 1.54) is 0 Å². The Hall–Kier alpha value is -2.67. The second kappa shape index (κ2) is 12.5. The first-order valence-electron chi connectivity index (χ1n) is 13.5. The summed E-state index contributed by atoms with van der Waals surface area (Å²) in [5.41, 5.74) is 1.22. The minimum absolute atomic E-state index is 0.0262. The van der Waals surface area contributed by atoms with Crippen LogP contribution in [0.25, 0.3) is 0 Å². The Bertz CT molecular complexity index is 1080. The van der Waals surface area contributed by atoms with Crippen molar-refractivity contribution in [3.8, 4) is 6.07 Å². The van der Waals surface area contributed by atoms with Gasteiger partial charge in [0.1, 0.15) is 18.7 Å². The number of hydrogen-bond donors (Lipinski definition) is 1. The van der Waals surface area contributed by atoms with E-state index in [4.69, 9.17) is 21.6 Å². The van der Waals surface area contributed by atoms with Crippen LogP contribution in [0.15, 0.2) is 18.2 Å². The van der Waals surface area contributed by atoms with Crippen LogP contribution >= 0.6 is 11.6 Å². The van der Waals surface area contributed by atoms with Gasteiger partial charge in [-0.3, -0.25) is 19.7 Å². The number of piperidine rings is 1. The molecular formula is C28H38ClN5O4. The molecule has 1 aliphatic carbocycles. The van der Waals surface area contributed by atoms with Gasteiger partial charge in [0.15, 0.2) is 0 Å². The summed E-state index contributed by atoms with van der Waals surface area (Å²) < 4.78 is 5.19. The topological polar surface area (TPSA) is 106 Å². The molecule has 2 heterocycles. The van der Waals surface area contributed by atoms with E-state index in [9.17, 15) is 14.4 Å². The molecule has 0 radical (unpaired) electrons. The van der Waals surface area contributed by atoms with E-state index in [1.807, 2.05) is 11.0 Å². The van der Waals surface area contributed by atoms with Gasteiger partial charge in [0.25, 0.3) is 5.91 Å². The van der Waals surface area contributed by atoms with Crippen molar-refractivity contribution in [2.24, 2.45) is 17.8 Å². The van der Waals surface area contributed by atoms with Crippen LogP contribution in [0.5, 0.6) is 0 Å². The van der Waals surface area contributed by atoms with Gasteiger partial charge in [-0.05, 0) is 68.6 Å². The van der Waals surface area contributed by atoms with Gasteiger partial charge in [0, 0.05) is 39.8 Å². The van der Waals surface area contributed by atoms with Crippen molar-refractivity contribution < 1.29 is 19.1 Å². The first-order chi connectivity index (χ1) is 18.2. The van der Waals surface area contributed by atoms with Crippen molar-refractivity contribution in [2.45, 2.75) is 57.7 Å². The van der Waals surface area contributed by atoms with Gasteiger partial charge in [0.05, 0.1) is 23.2 Å². The van der Waals surface area contributed by atoms with Gasteiger partial charge in [-0.15, -0.1) is 0 Å². The Labute approximate surface area is 230 Å². The Morgan fingerprint density at radius 2 is 1.97 bits per heavy atom. The molecule has 3 aliphatic rings. The van der Waals surface area contributed by atoms with Crippen LogP contribution in [0.1, 0.15) is 50.2 Å². The number of carbonyl (C=O) groups is 3. The van der Waals surface area contributed by atoms with Crippen LogP contribution in [0.4, 0.5) is 0 Å². The van der Waals surface area contributed by atoms with Crippen molar-refractivity contribution >= 4 is 29.3 Å². The number of nitriles is 1. The summed E-state index contributed by atoms with van der Waals surface area (Å²) in [6.07, 6.45) is 4.37. The Morgan fingerprint density at radius 3 is 2.63 bits per heavy atom. The Morgan fingerprint density at radius 1 is 1.24 bits per heavy atom. The third-order valence-electron chi connectivity index (χ3n) is 8.61. The highest BCUT2D eigenvalue weighted by atomic mass is 35.5. The van der Waals surface area contributed by atoms with E-state index in [2.05, 4.69) is 5.32 Å². The van der Waals surface area contributed by atoms with E-state index in [0.717, 1.165) is 50.8 Å². The molecule has 3 amide bonds. The summed E-state index contributed by atoms with van der Waals surface area (Å²) in [4.78, 5) is 44.0. The Balaban J connectivity index is 1.30. The minimum Gasteiger partial charge on any atom is -0.372 e. The monoisotopic (exact) mass is 543 g/mol. The molecule has 2 saturated heterocycles. The number of nitrogens with zero attached hydrogens (tertiary/aromatic N) is 4. The van der Waals surface area contributed by atoms with E-state index < -0.39 is 6.10 Å². The first-order valence-corrected chi connectivity index (χ1v) is 13.9.